The molecular formula is C24H29N6O8P. The number of nitrogen functional groups attached to an aromatic ring is 1. The maximum Gasteiger partial charge on any atom is 0.326 e. The fourth-order valence-corrected chi connectivity index (χ4v) is 5.11. The highest BCUT2D eigenvalue weighted by Crippen LogP contribution is 2.40. The Labute approximate surface area is 224 Å². The molecule has 1 aliphatic rings. The van der Waals surface area contributed by atoms with Gasteiger partial charge in [0.1, 0.15) is 59.9 Å². The van der Waals surface area contributed by atoms with Gasteiger partial charge in [-0.1, -0.05) is 6.07 Å². The van der Waals surface area contributed by atoms with Crippen molar-refractivity contribution < 1.29 is 38.3 Å². The number of nitrogens with one attached hydrogen (secondary N) is 1. The Hall–Kier alpha value is -3.73. The lowest BCUT2D eigenvalue weighted by atomic mass is 9.92. The second-order valence-electron chi connectivity index (χ2n) is 9.25. The first-order valence-electron chi connectivity index (χ1n) is 12.0. The van der Waals surface area contributed by atoms with E-state index in [0.29, 0.717) is 5.52 Å². The number of carbonyl (C=O) groups is 1. The zero-order valence-corrected chi connectivity index (χ0v) is 22.4. The van der Waals surface area contributed by atoms with Crippen molar-refractivity contribution in [3.05, 3.63) is 48.4 Å². The van der Waals surface area contributed by atoms with E-state index in [1.807, 2.05) is 6.07 Å². The zero-order chi connectivity index (χ0) is 28.4. The summed E-state index contributed by atoms with van der Waals surface area (Å²) in [4.78, 5) is 15.9. The van der Waals surface area contributed by atoms with Crippen molar-refractivity contribution in [2.45, 2.75) is 50.2 Å². The number of rotatable bonds is 10. The summed E-state index contributed by atoms with van der Waals surface area (Å²) in [6.07, 6.45) is -2.99. The van der Waals surface area contributed by atoms with Gasteiger partial charge < -0.3 is 34.7 Å². The zero-order valence-electron chi connectivity index (χ0n) is 21.4. The molecule has 1 aliphatic heterocycles. The van der Waals surface area contributed by atoms with Crippen LogP contribution in [0.25, 0.3) is 5.52 Å². The Morgan fingerprint density at radius 1 is 1.33 bits per heavy atom. The maximum absolute atomic E-state index is 12.5. The van der Waals surface area contributed by atoms with Crippen molar-refractivity contribution in [1.82, 2.24) is 19.7 Å². The van der Waals surface area contributed by atoms with Gasteiger partial charge in [-0.2, -0.15) is 10.4 Å². The second-order valence-corrected chi connectivity index (χ2v) is 10.3. The number of aliphatic hydroxyl groups excluding tert-OH is 2. The molecule has 14 nitrogen and oxygen atoms in total. The fourth-order valence-electron chi connectivity index (χ4n) is 4.11. The van der Waals surface area contributed by atoms with Gasteiger partial charge in [-0.05, 0) is 45.0 Å². The standard InChI is InChI=1S/C24H29N6O8P/c1-4-35-22(33)23(2,3)29-39(34)38-15-7-5-6-14(10-15)36-11-17-19(31)20(32)24(12-25,37-17)18-9-8-16-21(26)27-13-28-30(16)18/h5-10,13,17,19-20,31-32,39H,4,11H2,1-3H3,(H,29,34)(H2,26,27,28)/t17-,19-,20-,24+/m1/s1. The molecule has 0 saturated carbocycles. The van der Waals surface area contributed by atoms with E-state index in [1.165, 1.54) is 36.8 Å². The molecule has 39 heavy (non-hydrogen) atoms. The molecule has 1 aromatic carbocycles. The lowest BCUT2D eigenvalue weighted by molar-refractivity contribution is -0.148. The van der Waals surface area contributed by atoms with Crippen LogP contribution in [0, 0.1) is 11.3 Å². The van der Waals surface area contributed by atoms with Crippen molar-refractivity contribution >= 4 is 25.5 Å². The number of esters is 1. The number of hydrogen-bond acceptors (Lipinski definition) is 12. The van der Waals surface area contributed by atoms with Gasteiger partial charge in [-0.15, -0.1) is 0 Å². The van der Waals surface area contributed by atoms with Gasteiger partial charge in [0.05, 0.1) is 12.3 Å². The number of aromatic nitrogens is 3. The van der Waals surface area contributed by atoms with E-state index < -0.39 is 43.6 Å². The Morgan fingerprint density at radius 2 is 2.08 bits per heavy atom. The van der Waals surface area contributed by atoms with E-state index in [0.717, 1.165) is 0 Å². The highest BCUT2D eigenvalue weighted by molar-refractivity contribution is 7.37. The molecule has 4 rings (SSSR count). The van der Waals surface area contributed by atoms with Crippen LogP contribution in [0.15, 0.2) is 42.7 Å². The summed E-state index contributed by atoms with van der Waals surface area (Å²) < 4.78 is 35.9. The van der Waals surface area contributed by atoms with Crippen LogP contribution in [0.1, 0.15) is 26.5 Å². The van der Waals surface area contributed by atoms with E-state index in [2.05, 4.69) is 15.2 Å². The molecule has 3 heterocycles. The molecule has 5 N–H and O–H groups in total. The Bertz CT molecular complexity index is 1430. The molecular weight excluding hydrogens is 531 g/mol. The number of fused-ring (bicyclic) bond motifs is 1. The number of nitrogens with two attached hydrogens (primary N) is 1. The van der Waals surface area contributed by atoms with E-state index in [4.69, 9.17) is 24.5 Å². The molecule has 0 bridgehead atoms. The maximum atomic E-state index is 12.5. The third-order valence-electron chi connectivity index (χ3n) is 6.12. The Morgan fingerprint density at radius 3 is 2.79 bits per heavy atom. The SMILES string of the molecule is CCOC(=O)C(C)(C)N[PH](=O)Oc1cccc(OC[C@H]2O[C@@](C#N)(c3ccc4c(N)ncnn34)[C@H](O)[C@@H]2O)c1. The number of anilines is 1. The smallest absolute Gasteiger partial charge is 0.326 e. The van der Waals surface area contributed by atoms with Crippen LogP contribution in [-0.2, 0) is 24.4 Å². The van der Waals surface area contributed by atoms with Crippen molar-refractivity contribution in [2.24, 2.45) is 0 Å². The van der Waals surface area contributed by atoms with Crippen molar-refractivity contribution in [1.29, 1.82) is 5.26 Å². The van der Waals surface area contributed by atoms with Gasteiger partial charge in [-0.25, -0.2) is 14.6 Å². The molecule has 1 fully saturated rings. The first-order valence-corrected chi connectivity index (χ1v) is 13.3. The first kappa shape index (κ1) is 28.3. The molecule has 0 aliphatic carbocycles. The summed E-state index contributed by atoms with van der Waals surface area (Å²) in [5.74, 6) is 0.0700. The van der Waals surface area contributed by atoms with E-state index in [1.54, 1.807) is 31.2 Å². The van der Waals surface area contributed by atoms with Crippen LogP contribution in [0.4, 0.5) is 5.82 Å². The van der Waals surface area contributed by atoms with E-state index in [9.17, 15) is 24.8 Å². The topological polar surface area (TPSA) is 204 Å². The molecule has 2 aromatic heterocycles. The predicted molar refractivity (Wildman–Crippen MR) is 137 cm³/mol. The molecule has 208 valence electrons. The minimum absolute atomic E-state index is 0.168. The summed E-state index contributed by atoms with van der Waals surface area (Å²) in [6.45, 7) is 4.66. The van der Waals surface area contributed by atoms with Crippen molar-refractivity contribution in [2.75, 3.05) is 18.9 Å². The number of hydrogen-bond donors (Lipinski definition) is 4. The molecule has 15 heteroatoms. The van der Waals surface area contributed by atoms with Gasteiger partial charge >= 0.3 is 14.1 Å². The van der Waals surface area contributed by atoms with Crippen molar-refractivity contribution in [3.8, 4) is 17.6 Å². The number of aliphatic hydroxyl groups is 2. The van der Waals surface area contributed by atoms with Crippen LogP contribution in [-0.4, -0.2) is 67.8 Å². The van der Waals surface area contributed by atoms with Gasteiger partial charge in [0.25, 0.3) is 0 Å². The minimum Gasteiger partial charge on any atom is -0.491 e. The van der Waals surface area contributed by atoms with Crippen LogP contribution < -0.4 is 20.1 Å². The first-order chi connectivity index (χ1) is 18.5. The fraction of sp³-hybridized carbons (Fsp3) is 0.417. The average molecular weight is 561 g/mol. The minimum atomic E-state index is -2.90. The second kappa shape index (κ2) is 11.2. The lowest BCUT2D eigenvalue weighted by Gasteiger charge is -2.24. The highest BCUT2D eigenvalue weighted by Gasteiger charge is 2.57. The summed E-state index contributed by atoms with van der Waals surface area (Å²) >= 11 is 0. The Balaban J connectivity index is 1.44. The molecule has 0 amide bonds. The normalized spacial score (nSPS) is 23.7. The quantitative estimate of drug-likeness (QED) is 0.201. The van der Waals surface area contributed by atoms with Gasteiger partial charge in [-0.3, -0.25) is 9.36 Å². The monoisotopic (exact) mass is 560 g/mol. The number of nitrogens with zero attached hydrogens (tertiary/aromatic N) is 4. The van der Waals surface area contributed by atoms with Crippen LogP contribution >= 0.6 is 8.18 Å². The molecule has 1 unspecified atom stereocenters. The van der Waals surface area contributed by atoms with Crippen LogP contribution in [0.3, 0.4) is 0 Å². The van der Waals surface area contributed by atoms with Crippen LogP contribution in [0.2, 0.25) is 0 Å². The van der Waals surface area contributed by atoms with E-state index >= 15 is 0 Å². The third kappa shape index (κ3) is 5.54. The number of carbonyl (C=O) groups excluding carboxylic acids is 1. The third-order valence-corrected chi connectivity index (χ3v) is 7.37. The number of benzene rings is 1. The van der Waals surface area contributed by atoms with Gasteiger partial charge in [0.15, 0.2) is 5.82 Å². The number of nitriles is 1. The largest absolute Gasteiger partial charge is 0.491 e. The Kier molecular flexibility index (Phi) is 8.10. The number of ether oxygens (including phenoxy) is 3. The molecule has 0 radical (unpaired) electrons. The molecule has 3 aromatic rings. The van der Waals surface area contributed by atoms with Gasteiger partial charge in [0.2, 0.25) is 5.60 Å². The van der Waals surface area contributed by atoms with E-state index in [-0.39, 0.29) is 36.2 Å². The average Bonchev–Trinajstić information content (AvgIpc) is 3.44. The van der Waals surface area contributed by atoms with Crippen molar-refractivity contribution in [3.63, 3.8) is 0 Å². The lowest BCUT2D eigenvalue weighted by Crippen LogP contribution is -2.44. The summed E-state index contributed by atoms with van der Waals surface area (Å²) in [7, 11) is -2.90. The molecule has 0 spiro atoms. The predicted octanol–water partition coefficient (Wildman–Crippen LogP) is 0.930. The van der Waals surface area contributed by atoms with Crippen LogP contribution in [0.5, 0.6) is 11.5 Å². The molecule has 1 saturated heterocycles. The highest BCUT2D eigenvalue weighted by atomic mass is 31.1. The summed E-state index contributed by atoms with van der Waals surface area (Å²) in [6, 6.07) is 11.2. The summed E-state index contributed by atoms with van der Waals surface area (Å²) in [5, 5.41) is 38.3. The summed E-state index contributed by atoms with van der Waals surface area (Å²) in [5.41, 5.74) is 3.26. The molecule has 5 atom stereocenters. The van der Waals surface area contributed by atoms with Gasteiger partial charge in [0, 0.05) is 6.07 Å².